The molecule has 1 aliphatic carbocycles. The van der Waals surface area contributed by atoms with Crippen molar-refractivity contribution in [3.05, 3.63) is 45.0 Å². The molecule has 2 aromatic rings. The third-order valence-corrected chi connectivity index (χ3v) is 6.37. The van der Waals surface area contributed by atoms with Crippen LogP contribution in [0.5, 0.6) is 23.0 Å². The SMILES string of the molecule is CC.CC.CO[C@@H]1CC(c2c(O)c(O)c3c(c2O)C(=O)c2c(cc(O)c(C(=O)O)c2C)C3=O)O[C@H](CO)C1. The Balaban J connectivity index is 0.00000121. The van der Waals surface area contributed by atoms with E-state index in [9.17, 15) is 45.0 Å². The van der Waals surface area contributed by atoms with Gasteiger partial charge in [0.15, 0.2) is 23.1 Å². The van der Waals surface area contributed by atoms with E-state index in [2.05, 4.69) is 0 Å². The Morgan fingerprint density at radius 2 is 1.53 bits per heavy atom. The molecule has 0 bridgehead atoms. The topological polar surface area (TPSA) is 191 Å². The average Bonchev–Trinajstić information content (AvgIpc) is 2.90. The molecule has 3 atom stereocenters. The van der Waals surface area contributed by atoms with Crippen LogP contribution in [0.15, 0.2) is 6.07 Å². The first kappa shape index (κ1) is 30.6. The van der Waals surface area contributed by atoms with Crippen LogP contribution < -0.4 is 0 Å². The van der Waals surface area contributed by atoms with Gasteiger partial charge in [-0.25, -0.2) is 4.79 Å². The van der Waals surface area contributed by atoms with Gasteiger partial charge in [-0.15, -0.1) is 0 Å². The summed E-state index contributed by atoms with van der Waals surface area (Å²) in [5.41, 5.74) is -3.20. The number of carboxylic acids is 1. The van der Waals surface area contributed by atoms with Crippen molar-refractivity contribution in [3.63, 3.8) is 0 Å². The number of carbonyl (C=O) groups is 3. The highest BCUT2D eigenvalue weighted by Gasteiger charge is 2.43. The number of aliphatic hydroxyl groups excluding tert-OH is 1. The van der Waals surface area contributed by atoms with Gasteiger partial charge in [0.25, 0.3) is 0 Å². The maximum absolute atomic E-state index is 13.4. The van der Waals surface area contributed by atoms with Crippen molar-refractivity contribution in [3.8, 4) is 23.0 Å². The molecule has 1 heterocycles. The van der Waals surface area contributed by atoms with E-state index >= 15 is 0 Å². The van der Waals surface area contributed by atoms with Crippen LogP contribution in [0.25, 0.3) is 0 Å². The molecule has 0 saturated carbocycles. The fourth-order valence-corrected chi connectivity index (χ4v) is 4.75. The summed E-state index contributed by atoms with van der Waals surface area (Å²) >= 11 is 0. The Labute approximate surface area is 219 Å². The van der Waals surface area contributed by atoms with E-state index in [1.807, 2.05) is 27.7 Å². The number of benzene rings is 2. The van der Waals surface area contributed by atoms with E-state index < -0.39 is 75.5 Å². The van der Waals surface area contributed by atoms with E-state index in [4.69, 9.17) is 9.47 Å². The lowest BCUT2D eigenvalue weighted by Gasteiger charge is -2.35. The van der Waals surface area contributed by atoms with Crippen LogP contribution in [0.1, 0.15) is 100.0 Å². The predicted molar refractivity (Wildman–Crippen MR) is 136 cm³/mol. The van der Waals surface area contributed by atoms with Crippen molar-refractivity contribution in [2.75, 3.05) is 13.7 Å². The zero-order valence-corrected chi connectivity index (χ0v) is 22.2. The zero-order valence-electron chi connectivity index (χ0n) is 22.2. The van der Waals surface area contributed by atoms with Gasteiger partial charge in [-0.05, 0) is 18.6 Å². The Bertz CT molecular complexity index is 1240. The molecule has 1 saturated heterocycles. The molecule has 0 amide bonds. The van der Waals surface area contributed by atoms with E-state index in [1.165, 1.54) is 14.0 Å². The fraction of sp³-hybridized carbons (Fsp3) is 0.444. The van der Waals surface area contributed by atoms with Crippen molar-refractivity contribution in [1.29, 1.82) is 0 Å². The van der Waals surface area contributed by atoms with Crippen molar-refractivity contribution >= 4 is 17.5 Å². The number of aromatic hydroxyl groups is 4. The second-order valence-electron chi connectivity index (χ2n) is 8.25. The van der Waals surface area contributed by atoms with E-state index in [-0.39, 0.29) is 35.3 Å². The number of carbonyl (C=O) groups excluding carboxylic acids is 2. The van der Waals surface area contributed by atoms with Crippen LogP contribution >= 0.6 is 0 Å². The minimum absolute atomic E-state index is 0.0983. The summed E-state index contributed by atoms with van der Waals surface area (Å²) in [6, 6.07) is 0.801. The number of fused-ring (bicyclic) bond motifs is 2. The van der Waals surface area contributed by atoms with Crippen LogP contribution in [0, 0.1) is 6.92 Å². The molecule has 1 unspecified atom stereocenters. The molecule has 11 heteroatoms. The molecule has 6 N–H and O–H groups in total. The van der Waals surface area contributed by atoms with Crippen molar-refractivity contribution in [1.82, 2.24) is 0 Å². The Morgan fingerprint density at radius 3 is 2.05 bits per heavy atom. The molecule has 2 aliphatic rings. The van der Waals surface area contributed by atoms with Crippen molar-refractivity contribution in [2.24, 2.45) is 0 Å². The number of hydrogen-bond acceptors (Lipinski definition) is 10. The first-order valence-corrected chi connectivity index (χ1v) is 12.3. The molecule has 2 aromatic carbocycles. The average molecular weight is 535 g/mol. The molecule has 1 fully saturated rings. The standard InChI is InChI=1S/C23H22O11.2C2H6/c1-7-13-10(5-11(25)14(7)23(31)32)18(26)16-17(19(13)27)20(28)15(21(29)22(16)30)12-4-8(33-2)3-9(6-24)34-12;2*1-2/h5,8-9,12,24-25,28-30H,3-4,6H2,1-2H3,(H,31,32);2*1-2H3/t8-,9-,12?;;/m0../s1. The van der Waals surface area contributed by atoms with Gasteiger partial charge >= 0.3 is 5.97 Å². The normalized spacial score (nSPS) is 19.8. The van der Waals surface area contributed by atoms with E-state index in [0.29, 0.717) is 6.42 Å². The summed E-state index contributed by atoms with van der Waals surface area (Å²) in [6.07, 6.45) is -1.84. The summed E-state index contributed by atoms with van der Waals surface area (Å²) in [7, 11) is 1.43. The van der Waals surface area contributed by atoms with Crippen LogP contribution in [0.3, 0.4) is 0 Å². The quantitative estimate of drug-likeness (QED) is 0.212. The monoisotopic (exact) mass is 534 g/mol. The van der Waals surface area contributed by atoms with Gasteiger partial charge in [0.05, 0.1) is 41.6 Å². The Hall–Kier alpha value is -3.67. The molecule has 208 valence electrons. The molecule has 11 nitrogen and oxygen atoms in total. The largest absolute Gasteiger partial charge is 0.507 e. The van der Waals surface area contributed by atoms with Crippen molar-refractivity contribution < 1.29 is 54.5 Å². The van der Waals surface area contributed by atoms with Gasteiger partial charge in [0.1, 0.15) is 17.1 Å². The number of phenolic OH excluding ortho intramolecular Hbond substituents is 3. The number of carboxylic acid groups (broad SMARTS) is 1. The van der Waals surface area contributed by atoms with Gasteiger partial charge in [-0.3, -0.25) is 9.59 Å². The molecular weight excluding hydrogens is 500 g/mol. The zero-order chi connectivity index (χ0) is 29.1. The Morgan fingerprint density at radius 1 is 0.947 bits per heavy atom. The van der Waals surface area contributed by atoms with Crippen LogP contribution in [0.2, 0.25) is 0 Å². The van der Waals surface area contributed by atoms with Crippen LogP contribution in [-0.2, 0) is 9.47 Å². The molecule has 38 heavy (non-hydrogen) atoms. The number of rotatable bonds is 4. The molecule has 1 aliphatic heterocycles. The van der Waals surface area contributed by atoms with E-state index in [0.717, 1.165) is 6.07 Å². The fourth-order valence-electron chi connectivity index (χ4n) is 4.75. The van der Waals surface area contributed by atoms with Crippen LogP contribution in [0.4, 0.5) is 0 Å². The smallest absolute Gasteiger partial charge is 0.339 e. The number of ketones is 2. The first-order chi connectivity index (χ1) is 18.0. The van der Waals surface area contributed by atoms with Gasteiger partial charge in [0.2, 0.25) is 0 Å². The molecule has 0 spiro atoms. The Kier molecular flexibility index (Phi) is 9.85. The summed E-state index contributed by atoms with van der Waals surface area (Å²) in [5, 5.41) is 61.5. The second kappa shape index (κ2) is 12.2. The summed E-state index contributed by atoms with van der Waals surface area (Å²) < 4.78 is 11.0. The predicted octanol–water partition coefficient (Wildman–Crippen LogP) is 3.57. The van der Waals surface area contributed by atoms with Gasteiger partial charge in [0, 0.05) is 31.1 Å². The van der Waals surface area contributed by atoms with Crippen molar-refractivity contribution in [2.45, 2.75) is 65.8 Å². The third-order valence-electron chi connectivity index (χ3n) is 6.37. The number of aliphatic hydroxyl groups is 1. The van der Waals surface area contributed by atoms with Crippen LogP contribution in [-0.4, -0.2) is 74.1 Å². The highest BCUT2D eigenvalue weighted by atomic mass is 16.5. The number of hydrogen-bond donors (Lipinski definition) is 6. The van der Waals surface area contributed by atoms with Gasteiger partial charge < -0.3 is 40.1 Å². The second-order valence-corrected chi connectivity index (χ2v) is 8.25. The van der Waals surface area contributed by atoms with E-state index in [1.54, 1.807) is 0 Å². The summed E-state index contributed by atoms with van der Waals surface area (Å²) in [6.45, 7) is 8.84. The molecule has 0 aromatic heterocycles. The maximum atomic E-state index is 13.4. The number of phenols is 4. The minimum atomic E-state index is -1.53. The maximum Gasteiger partial charge on any atom is 0.339 e. The van der Waals surface area contributed by atoms with Gasteiger partial charge in [-0.1, -0.05) is 27.7 Å². The lowest BCUT2D eigenvalue weighted by molar-refractivity contribution is -0.123. The number of aromatic carboxylic acids is 1. The molecular formula is C27H34O11. The first-order valence-electron chi connectivity index (χ1n) is 12.3. The lowest BCUT2D eigenvalue weighted by Crippen LogP contribution is -2.35. The summed E-state index contributed by atoms with van der Waals surface area (Å²) in [4.78, 5) is 38.2. The minimum Gasteiger partial charge on any atom is -0.507 e. The number of ether oxygens (including phenoxy) is 2. The lowest BCUT2D eigenvalue weighted by atomic mass is 9.78. The highest BCUT2D eigenvalue weighted by molar-refractivity contribution is 6.31. The number of methoxy groups -OCH3 is 1. The molecule has 4 rings (SSSR count). The van der Waals surface area contributed by atoms with Gasteiger partial charge in [-0.2, -0.15) is 0 Å². The third kappa shape index (κ3) is 4.92. The summed E-state index contributed by atoms with van der Waals surface area (Å²) in [5.74, 6) is -6.94. The molecule has 0 radical (unpaired) electrons. The highest BCUT2D eigenvalue weighted by Crippen LogP contribution is 2.52.